The lowest BCUT2D eigenvalue weighted by atomic mass is 10.1. The van der Waals surface area contributed by atoms with Crippen molar-refractivity contribution < 1.29 is 17.9 Å². The summed E-state index contributed by atoms with van der Waals surface area (Å²) in [5.41, 5.74) is 0.674. The molecule has 0 unspecified atom stereocenters. The number of esters is 1. The normalized spacial score (nSPS) is 13.2. The van der Waals surface area contributed by atoms with E-state index in [0.29, 0.717) is 12.0 Å². The van der Waals surface area contributed by atoms with Gasteiger partial charge in [-0.15, -0.1) is 0 Å². The van der Waals surface area contributed by atoms with Gasteiger partial charge < -0.3 is 4.74 Å². The van der Waals surface area contributed by atoms with Crippen LogP contribution in [0.3, 0.4) is 0 Å². The Bertz CT molecular complexity index is 525. The van der Waals surface area contributed by atoms with Gasteiger partial charge in [0.1, 0.15) is 6.04 Å². The van der Waals surface area contributed by atoms with Crippen LogP contribution in [0.1, 0.15) is 25.8 Å². The van der Waals surface area contributed by atoms with Crippen LogP contribution in [0.2, 0.25) is 0 Å². The summed E-state index contributed by atoms with van der Waals surface area (Å²) in [7, 11) is -2.33. The summed E-state index contributed by atoms with van der Waals surface area (Å²) in [4.78, 5) is 11.6. The molecule has 0 spiro atoms. The Balaban J connectivity index is 2.78. The first-order valence-corrected chi connectivity index (χ1v) is 8.11. The Hall–Kier alpha value is -1.40. The number of carbonyl (C=O) groups is 1. The van der Waals surface area contributed by atoms with Crippen molar-refractivity contribution in [1.82, 2.24) is 4.72 Å². The Morgan fingerprint density at radius 2 is 1.85 bits per heavy atom. The van der Waals surface area contributed by atoms with Gasteiger partial charge in [0.05, 0.1) is 12.9 Å². The van der Waals surface area contributed by atoms with Crippen LogP contribution in [0.15, 0.2) is 30.3 Å². The number of ether oxygens (including phenoxy) is 1. The molecule has 0 aliphatic rings. The zero-order valence-corrected chi connectivity index (χ0v) is 12.8. The van der Waals surface area contributed by atoms with E-state index in [2.05, 4.69) is 9.46 Å². The number of methoxy groups -OCH3 is 1. The maximum Gasteiger partial charge on any atom is 0.323 e. The average Bonchev–Trinajstić information content (AvgIpc) is 2.36. The first kappa shape index (κ1) is 16.7. The van der Waals surface area contributed by atoms with Crippen molar-refractivity contribution in [2.24, 2.45) is 5.92 Å². The van der Waals surface area contributed by atoms with Crippen LogP contribution in [-0.4, -0.2) is 27.5 Å². The second-order valence-corrected chi connectivity index (χ2v) is 6.82. The van der Waals surface area contributed by atoms with Gasteiger partial charge in [-0.25, -0.2) is 13.1 Å². The van der Waals surface area contributed by atoms with Gasteiger partial charge in [-0.3, -0.25) is 4.79 Å². The van der Waals surface area contributed by atoms with Gasteiger partial charge in [-0.1, -0.05) is 44.2 Å². The first-order chi connectivity index (χ1) is 9.34. The molecule has 6 heteroatoms. The second kappa shape index (κ2) is 7.40. The molecule has 0 heterocycles. The summed E-state index contributed by atoms with van der Waals surface area (Å²) < 4.78 is 31.3. The standard InChI is InChI=1S/C14H21NO4S/c1-11(2)9-13(14(16)19-3)15-20(17,18)10-12-7-5-4-6-8-12/h4-8,11,13,15H,9-10H2,1-3H3/t13-/m0/s1. The third-order valence-corrected chi connectivity index (χ3v) is 4.07. The molecule has 0 bridgehead atoms. The van der Waals surface area contributed by atoms with E-state index < -0.39 is 22.0 Å². The number of rotatable bonds is 7. The summed E-state index contributed by atoms with van der Waals surface area (Å²) >= 11 is 0. The summed E-state index contributed by atoms with van der Waals surface area (Å²) in [5, 5.41) is 0. The number of hydrogen-bond acceptors (Lipinski definition) is 4. The highest BCUT2D eigenvalue weighted by atomic mass is 32.2. The van der Waals surface area contributed by atoms with Gasteiger partial charge in [0.2, 0.25) is 10.0 Å². The van der Waals surface area contributed by atoms with Crippen molar-refractivity contribution in [2.45, 2.75) is 32.1 Å². The topological polar surface area (TPSA) is 72.5 Å². The number of carbonyl (C=O) groups excluding carboxylic acids is 1. The Labute approximate surface area is 120 Å². The zero-order valence-electron chi connectivity index (χ0n) is 12.0. The largest absolute Gasteiger partial charge is 0.468 e. The van der Waals surface area contributed by atoms with E-state index in [1.165, 1.54) is 7.11 Å². The molecule has 0 aliphatic heterocycles. The lowest BCUT2D eigenvalue weighted by Gasteiger charge is -2.18. The lowest BCUT2D eigenvalue weighted by molar-refractivity contribution is -0.143. The van der Waals surface area contributed by atoms with Crippen molar-refractivity contribution in [3.63, 3.8) is 0 Å². The van der Waals surface area contributed by atoms with Gasteiger partial charge in [-0.2, -0.15) is 0 Å². The third-order valence-electron chi connectivity index (χ3n) is 2.71. The molecule has 1 atom stereocenters. The number of nitrogens with one attached hydrogen (secondary N) is 1. The molecule has 0 radical (unpaired) electrons. The van der Waals surface area contributed by atoms with Gasteiger partial charge in [0.25, 0.3) is 0 Å². The van der Waals surface area contributed by atoms with Crippen molar-refractivity contribution in [1.29, 1.82) is 0 Å². The van der Waals surface area contributed by atoms with Gasteiger partial charge in [-0.05, 0) is 17.9 Å². The van der Waals surface area contributed by atoms with Crippen molar-refractivity contribution in [3.8, 4) is 0 Å². The van der Waals surface area contributed by atoms with E-state index in [1.54, 1.807) is 24.3 Å². The predicted molar refractivity (Wildman–Crippen MR) is 77.5 cm³/mol. The molecule has 1 N–H and O–H groups in total. The number of hydrogen-bond donors (Lipinski definition) is 1. The summed E-state index contributed by atoms with van der Waals surface area (Å²) in [5.74, 6) is -0.534. The van der Waals surface area contributed by atoms with Gasteiger partial charge in [0.15, 0.2) is 0 Å². The molecule has 1 rings (SSSR count). The molecule has 20 heavy (non-hydrogen) atoms. The highest BCUT2D eigenvalue weighted by Gasteiger charge is 2.26. The number of sulfonamides is 1. The van der Waals surface area contributed by atoms with Gasteiger partial charge in [0, 0.05) is 0 Å². The van der Waals surface area contributed by atoms with Crippen LogP contribution in [0, 0.1) is 5.92 Å². The molecule has 0 saturated heterocycles. The maximum atomic E-state index is 12.1. The average molecular weight is 299 g/mol. The molecule has 5 nitrogen and oxygen atoms in total. The van der Waals surface area contributed by atoms with E-state index in [0.717, 1.165) is 0 Å². The summed E-state index contributed by atoms with van der Waals surface area (Å²) in [6, 6.07) is 7.99. The Kier molecular flexibility index (Phi) is 6.16. The molecule has 1 aromatic carbocycles. The fourth-order valence-electron chi connectivity index (χ4n) is 1.86. The SMILES string of the molecule is COC(=O)[C@H](CC(C)C)NS(=O)(=O)Cc1ccccc1. The predicted octanol–water partition coefficient (Wildman–Crippen LogP) is 1.69. The van der Waals surface area contributed by atoms with Crippen LogP contribution < -0.4 is 4.72 Å². The lowest BCUT2D eigenvalue weighted by Crippen LogP contribution is -2.42. The second-order valence-electron chi connectivity index (χ2n) is 5.07. The smallest absolute Gasteiger partial charge is 0.323 e. The van der Waals surface area contributed by atoms with Crippen molar-refractivity contribution >= 4 is 16.0 Å². The minimum atomic E-state index is -3.59. The third kappa shape index (κ3) is 5.71. The van der Waals surface area contributed by atoms with Crippen molar-refractivity contribution in [3.05, 3.63) is 35.9 Å². The molecule has 0 fully saturated rings. The summed E-state index contributed by atoms with van der Waals surface area (Å²) in [6.07, 6.45) is 0.403. The zero-order chi connectivity index (χ0) is 15.2. The highest BCUT2D eigenvalue weighted by molar-refractivity contribution is 7.88. The molecular weight excluding hydrogens is 278 g/mol. The fourth-order valence-corrected chi connectivity index (χ4v) is 3.20. The minimum Gasteiger partial charge on any atom is -0.468 e. The van der Waals surface area contributed by atoms with Crippen molar-refractivity contribution in [2.75, 3.05) is 7.11 Å². The highest BCUT2D eigenvalue weighted by Crippen LogP contribution is 2.10. The molecule has 0 aromatic heterocycles. The monoisotopic (exact) mass is 299 g/mol. The van der Waals surface area contributed by atoms with E-state index in [1.807, 2.05) is 19.9 Å². The minimum absolute atomic E-state index is 0.153. The Morgan fingerprint density at radius 1 is 1.25 bits per heavy atom. The molecular formula is C14H21NO4S. The van der Waals surface area contributed by atoms with E-state index in [-0.39, 0.29) is 11.7 Å². The van der Waals surface area contributed by atoms with E-state index >= 15 is 0 Å². The maximum absolute atomic E-state index is 12.1. The van der Waals surface area contributed by atoms with Crippen LogP contribution >= 0.6 is 0 Å². The van der Waals surface area contributed by atoms with Crippen LogP contribution in [0.4, 0.5) is 0 Å². The number of benzene rings is 1. The van der Waals surface area contributed by atoms with E-state index in [9.17, 15) is 13.2 Å². The summed E-state index contributed by atoms with van der Waals surface area (Å²) in [6.45, 7) is 3.84. The van der Waals surface area contributed by atoms with Gasteiger partial charge >= 0.3 is 5.97 Å². The van der Waals surface area contributed by atoms with Crippen LogP contribution in [0.5, 0.6) is 0 Å². The van der Waals surface area contributed by atoms with E-state index in [4.69, 9.17) is 0 Å². The molecule has 1 aromatic rings. The quantitative estimate of drug-likeness (QED) is 0.778. The molecule has 0 amide bonds. The fraction of sp³-hybridized carbons (Fsp3) is 0.500. The Morgan fingerprint density at radius 3 is 2.35 bits per heavy atom. The molecule has 0 saturated carbocycles. The van der Waals surface area contributed by atoms with Crippen LogP contribution in [-0.2, 0) is 25.3 Å². The molecule has 0 aliphatic carbocycles. The first-order valence-electron chi connectivity index (χ1n) is 6.46. The molecule has 112 valence electrons. The van der Waals surface area contributed by atoms with Crippen LogP contribution in [0.25, 0.3) is 0 Å².